The number of aromatic carboxylic acids is 1. The molecule has 0 amide bonds. The van der Waals surface area contributed by atoms with E-state index in [1.165, 1.54) is 12.1 Å². The average molecular weight is 320 g/mol. The zero-order valence-corrected chi connectivity index (χ0v) is 12.7. The summed E-state index contributed by atoms with van der Waals surface area (Å²) in [4.78, 5) is 13.3. The van der Waals surface area contributed by atoms with Crippen LogP contribution < -0.4 is 0 Å². The third-order valence-electron chi connectivity index (χ3n) is 3.89. The Hall–Kier alpha value is -2.25. The van der Waals surface area contributed by atoms with Crippen LogP contribution in [0.5, 0.6) is 0 Å². The highest BCUT2D eigenvalue weighted by molar-refractivity contribution is 5.89. The van der Waals surface area contributed by atoms with Crippen molar-refractivity contribution in [2.24, 2.45) is 0 Å². The van der Waals surface area contributed by atoms with Crippen molar-refractivity contribution < 1.29 is 23.6 Å². The van der Waals surface area contributed by atoms with Gasteiger partial charge in [0.2, 0.25) is 0 Å². The third kappa shape index (κ3) is 3.40. The molecule has 2 aromatic rings. The zero-order valence-electron chi connectivity index (χ0n) is 12.7. The number of carbonyl (C=O) groups is 1. The summed E-state index contributed by atoms with van der Waals surface area (Å²) >= 11 is 0. The molecule has 1 aromatic heterocycles. The van der Waals surface area contributed by atoms with Gasteiger partial charge in [0, 0.05) is 19.6 Å². The standard InChI is InChI=1S/C16H17FN2O4/c1-10-15(16(20)21)13(18-23-10)8-19-5-6-22-14(9-19)11-3-2-4-12(17)7-11/h2-4,7,14H,5-6,8-9H2,1H3,(H,20,21). The lowest BCUT2D eigenvalue weighted by molar-refractivity contribution is -0.0336. The molecule has 1 aliphatic heterocycles. The molecule has 0 bridgehead atoms. The van der Waals surface area contributed by atoms with Crippen molar-refractivity contribution in [2.45, 2.75) is 19.6 Å². The average Bonchev–Trinajstić information content (AvgIpc) is 2.88. The Labute approximate surface area is 132 Å². The SMILES string of the molecule is Cc1onc(CN2CCOC(c3cccc(F)c3)C2)c1C(=O)O. The van der Waals surface area contributed by atoms with Gasteiger partial charge in [0.15, 0.2) is 0 Å². The van der Waals surface area contributed by atoms with E-state index in [1.807, 2.05) is 11.0 Å². The summed E-state index contributed by atoms with van der Waals surface area (Å²) < 4.78 is 24.0. The van der Waals surface area contributed by atoms with Crippen LogP contribution in [0, 0.1) is 12.7 Å². The van der Waals surface area contributed by atoms with E-state index in [4.69, 9.17) is 9.26 Å². The van der Waals surface area contributed by atoms with E-state index >= 15 is 0 Å². The Morgan fingerprint density at radius 2 is 2.35 bits per heavy atom. The van der Waals surface area contributed by atoms with Crippen LogP contribution in [0.3, 0.4) is 0 Å². The molecular formula is C16H17FN2O4. The normalized spacial score (nSPS) is 19.0. The second-order valence-corrected chi connectivity index (χ2v) is 5.52. The molecule has 7 heteroatoms. The lowest BCUT2D eigenvalue weighted by Gasteiger charge is -2.32. The van der Waals surface area contributed by atoms with Crippen LogP contribution in [-0.2, 0) is 11.3 Å². The van der Waals surface area contributed by atoms with Gasteiger partial charge in [-0.2, -0.15) is 0 Å². The Morgan fingerprint density at radius 1 is 1.52 bits per heavy atom. The summed E-state index contributed by atoms with van der Waals surface area (Å²) in [6.07, 6.45) is -0.249. The van der Waals surface area contributed by atoms with E-state index in [-0.39, 0.29) is 17.5 Å². The molecule has 122 valence electrons. The van der Waals surface area contributed by atoms with Gasteiger partial charge in [-0.15, -0.1) is 0 Å². The van der Waals surface area contributed by atoms with Gasteiger partial charge in [-0.1, -0.05) is 17.3 Å². The molecule has 2 heterocycles. The number of carboxylic acid groups (broad SMARTS) is 1. The lowest BCUT2D eigenvalue weighted by Crippen LogP contribution is -2.38. The van der Waals surface area contributed by atoms with Crippen LogP contribution in [0.25, 0.3) is 0 Å². The van der Waals surface area contributed by atoms with Crippen LogP contribution in [0.15, 0.2) is 28.8 Å². The van der Waals surface area contributed by atoms with Crippen molar-refractivity contribution in [3.63, 3.8) is 0 Å². The number of ether oxygens (including phenoxy) is 1. The summed E-state index contributed by atoms with van der Waals surface area (Å²) in [6.45, 7) is 3.61. The predicted octanol–water partition coefficient (Wildman–Crippen LogP) is 2.39. The van der Waals surface area contributed by atoms with Crippen LogP contribution in [0.4, 0.5) is 4.39 Å². The Kier molecular flexibility index (Phi) is 4.40. The summed E-state index contributed by atoms with van der Waals surface area (Å²) in [7, 11) is 0. The number of aryl methyl sites for hydroxylation is 1. The fourth-order valence-electron chi connectivity index (χ4n) is 2.77. The van der Waals surface area contributed by atoms with Gasteiger partial charge in [-0.25, -0.2) is 9.18 Å². The molecule has 1 aromatic carbocycles. The molecule has 1 fully saturated rings. The van der Waals surface area contributed by atoms with Crippen LogP contribution in [-0.4, -0.2) is 40.8 Å². The van der Waals surface area contributed by atoms with E-state index < -0.39 is 5.97 Å². The smallest absolute Gasteiger partial charge is 0.341 e. The molecule has 1 atom stereocenters. The quantitative estimate of drug-likeness (QED) is 0.932. The highest BCUT2D eigenvalue weighted by Gasteiger charge is 2.26. The van der Waals surface area contributed by atoms with Gasteiger partial charge in [0.05, 0.1) is 12.7 Å². The van der Waals surface area contributed by atoms with E-state index in [2.05, 4.69) is 5.16 Å². The Bertz CT molecular complexity index is 716. The topological polar surface area (TPSA) is 75.8 Å². The molecule has 0 aliphatic carbocycles. The second kappa shape index (κ2) is 6.47. The van der Waals surface area contributed by atoms with Crippen molar-refractivity contribution in [2.75, 3.05) is 19.7 Å². The Balaban J connectivity index is 1.73. The number of benzene rings is 1. The first-order valence-electron chi connectivity index (χ1n) is 7.32. The van der Waals surface area contributed by atoms with Gasteiger partial charge in [-0.05, 0) is 24.6 Å². The maximum atomic E-state index is 13.4. The van der Waals surface area contributed by atoms with Crippen LogP contribution in [0.1, 0.15) is 33.5 Å². The molecule has 23 heavy (non-hydrogen) atoms. The summed E-state index contributed by atoms with van der Waals surface area (Å²) in [5, 5.41) is 13.1. The first-order chi connectivity index (χ1) is 11.0. The fraction of sp³-hybridized carbons (Fsp3) is 0.375. The van der Waals surface area contributed by atoms with Gasteiger partial charge < -0.3 is 14.4 Å². The Morgan fingerprint density at radius 3 is 3.09 bits per heavy atom. The predicted molar refractivity (Wildman–Crippen MR) is 78.6 cm³/mol. The first-order valence-corrected chi connectivity index (χ1v) is 7.32. The van der Waals surface area contributed by atoms with Gasteiger partial charge >= 0.3 is 5.97 Å². The number of rotatable bonds is 4. The highest BCUT2D eigenvalue weighted by Crippen LogP contribution is 2.24. The largest absolute Gasteiger partial charge is 0.477 e. The van der Waals surface area contributed by atoms with E-state index in [1.54, 1.807) is 13.0 Å². The van der Waals surface area contributed by atoms with Gasteiger partial charge in [-0.3, -0.25) is 4.90 Å². The minimum Gasteiger partial charge on any atom is -0.477 e. The van der Waals surface area contributed by atoms with Crippen LogP contribution >= 0.6 is 0 Å². The molecule has 0 radical (unpaired) electrons. The number of nitrogens with zero attached hydrogens (tertiary/aromatic N) is 2. The number of hydrogen-bond donors (Lipinski definition) is 1. The summed E-state index contributed by atoms with van der Waals surface area (Å²) in [6, 6.07) is 6.31. The molecule has 1 unspecified atom stereocenters. The van der Waals surface area contributed by atoms with E-state index in [9.17, 15) is 14.3 Å². The summed E-state index contributed by atoms with van der Waals surface area (Å²) in [5.74, 6) is -1.06. The molecule has 6 nitrogen and oxygen atoms in total. The molecule has 1 N–H and O–H groups in total. The number of morpholine rings is 1. The number of aromatic nitrogens is 1. The summed E-state index contributed by atoms with van der Waals surface area (Å²) in [5.41, 5.74) is 1.28. The number of carboxylic acids is 1. The molecule has 0 saturated carbocycles. The highest BCUT2D eigenvalue weighted by atomic mass is 19.1. The monoisotopic (exact) mass is 320 g/mol. The van der Waals surface area contributed by atoms with Crippen molar-refractivity contribution in [1.29, 1.82) is 0 Å². The van der Waals surface area contributed by atoms with Crippen molar-refractivity contribution in [3.05, 3.63) is 52.7 Å². The maximum absolute atomic E-state index is 13.4. The molecule has 0 spiro atoms. The number of hydrogen-bond acceptors (Lipinski definition) is 5. The van der Waals surface area contributed by atoms with Crippen molar-refractivity contribution >= 4 is 5.97 Å². The number of halogens is 1. The van der Waals surface area contributed by atoms with E-state index in [0.29, 0.717) is 37.7 Å². The zero-order chi connectivity index (χ0) is 16.4. The molecular weight excluding hydrogens is 303 g/mol. The van der Waals surface area contributed by atoms with Gasteiger partial charge in [0.1, 0.15) is 22.8 Å². The molecule has 1 saturated heterocycles. The fourth-order valence-corrected chi connectivity index (χ4v) is 2.77. The molecule has 3 rings (SSSR count). The lowest BCUT2D eigenvalue weighted by atomic mass is 10.1. The maximum Gasteiger partial charge on any atom is 0.341 e. The van der Waals surface area contributed by atoms with Crippen molar-refractivity contribution in [1.82, 2.24) is 10.1 Å². The first kappa shape index (κ1) is 15.6. The second-order valence-electron chi connectivity index (χ2n) is 5.52. The van der Waals surface area contributed by atoms with Crippen molar-refractivity contribution in [3.8, 4) is 0 Å². The third-order valence-corrected chi connectivity index (χ3v) is 3.89. The van der Waals surface area contributed by atoms with E-state index in [0.717, 1.165) is 5.56 Å². The van der Waals surface area contributed by atoms with Crippen LogP contribution in [0.2, 0.25) is 0 Å². The molecule has 1 aliphatic rings. The van der Waals surface area contributed by atoms with Gasteiger partial charge in [0.25, 0.3) is 0 Å². The minimum absolute atomic E-state index is 0.110. The minimum atomic E-state index is -1.05.